The van der Waals surface area contributed by atoms with Crippen molar-refractivity contribution in [1.29, 1.82) is 0 Å². The van der Waals surface area contributed by atoms with Crippen LogP contribution in [-0.2, 0) is 9.47 Å². The van der Waals surface area contributed by atoms with Gasteiger partial charge < -0.3 is 14.2 Å². The molecule has 0 bridgehead atoms. The van der Waals surface area contributed by atoms with Crippen molar-refractivity contribution in [3.05, 3.63) is 17.0 Å². The van der Waals surface area contributed by atoms with Crippen molar-refractivity contribution in [1.82, 2.24) is 9.97 Å². The Kier molecular flexibility index (Phi) is 4.33. The minimum Gasteiger partial charge on any atom is -0.474 e. The zero-order valence-corrected chi connectivity index (χ0v) is 10.6. The van der Waals surface area contributed by atoms with Gasteiger partial charge in [0.1, 0.15) is 11.3 Å². The van der Waals surface area contributed by atoms with Gasteiger partial charge in [-0.25, -0.2) is 9.78 Å². The van der Waals surface area contributed by atoms with Crippen LogP contribution >= 0.6 is 11.6 Å². The highest BCUT2D eigenvalue weighted by Gasteiger charge is 2.18. The lowest BCUT2D eigenvalue weighted by molar-refractivity contribution is 0.0233. The highest BCUT2D eigenvalue weighted by molar-refractivity contribution is 6.29. The Balaban J connectivity index is 2.11. The Morgan fingerprint density at radius 3 is 2.83 bits per heavy atom. The number of methoxy groups -OCH3 is 1. The van der Waals surface area contributed by atoms with E-state index in [4.69, 9.17) is 21.1 Å². The van der Waals surface area contributed by atoms with E-state index < -0.39 is 5.97 Å². The molecule has 7 heteroatoms. The third kappa shape index (κ3) is 3.30. The summed E-state index contributed by atoms with van der Waals surface area (Å²) in [5.74, 6) is -0.469. The van der Waals surface area contributed by atoms with Crippen LogP contribution in [0.2, 0.25) is 5.15 Å². The van der Waals surface area contributed by atoms with E-state index in [1.54, 1.807) is 0 Å². The maximum absolute atomic E-state index is 11.3. The maximum atomic E-state index is 11.3. The molecule has 0 radical (unpaired) electrons. The van der Waals surface area contributed by atoms with E-state index in [0.717, 1.165) is 12.8 Å². The van der Waals surface area contributed by atoms with E-state index in [0.29, 0.717) is 13.2 Å². The predicted molar refractivity (Wildman–Crippen MR) is 62.9 cm³/mol. The average molecular weight is 273 g/mol. The van der Waals surface area contributed by atoms with Crippen LogP contribution in [0, 0.1) is 0 Å². The molecule has 98 valence electrons. The molecule has 1 fully saturated rings. The van der Waals surface area contributed by atoms with Crippen molar-refractivity contribution in [3.63, 3.8) is 0 Å². The summed E-state index contributed by atoms with van der Waals surface area (Å²) >= 11 is 5.81. The zero-order valence-electron chi connectivity index (χ0n) is 9.89. The molecule has 1 aromatic rings. The van der Waals surface area contributed by atoms with Gasteiger partial charge in [0.15, 0.2) is 0 Å². The number of aromatic nitrogens is 2. The van der Waals surface area contributed by atoms with Crippen LogP contribution in [0.1, 0.15) is 23.5 Å². The van der Waals surface area contributed by atoms with Crippen molar-refractivity contribution in [2.24, 2.45) is 0 Å². The molecule has 1 saturated heterocycles. The topological polar surface area (TPSA) is 70.5 Å². The van der Waals surface area contributed by atoms with Crippen molar-refractivity contribution in [2.75, 3.05) is 20.3 Å². The Morgan fingerprint density at radius 2 is 2.17 bits per heavy atom. The van der Waals surface area contributed by atoms with Crippen molar-refractivity contribution >= 4 is 17.6 Å². The quantitative estimate of drug-likeness (QED) is 0.613. The Morgan fingerprint density at radius 1 is 1.44 bits per heavy atom. The molecule has 6 nitrogen and oxygen atoms in total. The summed E-state index contributed by atoms with van der Waals surface area (Å²) < 4.78 is 15.4. The molecule has 0 atom stereocenters. The minimum absolute atomic E-state index is 0.0233. The van der Waals surface area contributed by atoms with Gasteiger partial charge in [-0.15, -0.1) is 0 Å². The molecule has 18 heavy (non-hydrogen) atoms. The number of esters is 1. The maximum Gasteiger partial charge on any atom is 0.376 e. The molecule has 1 aromatic heterocycles. The first-order valence-corrected chi connectivity index (χ1v) is 5.94. The number of ether oxygens (including phenoxy) is 3. The molecule has 0 unspecified atom stereocenters. The second kappa shape index (κ2) is 5.97. The zero-order chi connectivity index (χ0) is 13.0. The lowest BCUT2D eigenvalue weighted by Gasteiger charge is -2.22. The van der Waals surface area contributed by atoms with Gasteiger partial charge in [-0.05, 0) is 0 Å². The molecule has 0 saturated carbocycles. The van der Waals surface area contributed by atoms with Crippen LogP contribution in [0.3, 0.4) is 0 Å². The summed E-state index contributed by atoms with van der Waals surface area (Å²) in [6.07, 6.45) is 1.60. The first-order chi connectivity index (χ1) is 8.69. The Bertz CT molecular complexity index is 435. The second-order valence-electron chi connectivity index (χ2n) is 3.77. The minimum atomic E-state index is -0.644. The first kappa shape index (κ1) is 13.0. The van der Waals surface area contributed by atoms with E-state index in [-0.39, 0.29) is 23.0 Å². The van der Waals surface area contributed by atoms with Crippen LogP contribution in [0.15, 0.2) is 6.07 Å². The third-order valence-corrected chi connectivity index (χ3v) is 2.69. The smallest absolute Gasteiger partial charge is 0.376 e. The molecular formula is C11H13ClN2O4. The fourth-order valence-corrected chi connectivity index (χ4v) is 1.78. The van der Waals surface area contributed by atoms with Crippen molar-refractivity contribution < 1.29 is 19.0 Å². The van der Waals surface area contributed by atoms with Gasteiger partial charge in [0, 0.05) is 18.9 Å². The molecule has 0 aromatic carbocycles. The van der Waals surface area contributed by atoms with Gasteiger partial charge in [0.25, 0.3) is 0 Å². The number of hydrogen-bond donors (Lipinski definition) is 0. The van der Waals surface area contributed by atoms with Gasteiger partial charge in [-0.1, -0.05) is 11.6 Å². The highest BCUT2D eigenvalue weighted by Crippen LogP contribution is 2.19. The van der Waals surface area contributed by atoms with Crippen LogP contribution in [0.5, 0.6) is 5.88 Å². The Hall–Kier alpha value is -1.40. The second-order valence-corrected chi connectivity index (χ2v) is 4.16. The van der Waals surface area contributed by atoms with Crippen LogP contribution in [-0.4, -0.2) is 42.4 Å². The largest absolute Gasteiger partial charge is 0.474 e. The summed E-state index contributed by atoms with van der Waals surface area (Å²) in [5, 5.41) is 0.146. The van der Waals surface area contributed by atoms with E-state index >= 15 is 0 Å². The number of nitrogens with zero attached hydrogens (tertiary/aromatic N) is 2. The summed E-state index contributed by atoms with van der Waals surface area (Å²) in [7, 11) is 1.26. The molecule has 0 aliphatic carbocycles. The van der Waals surface area contributed by atoms with E-state index in [2.05, 4.69) is 14.7 Å². The molecule has 2 heterocycles. The molecule has 0 spiro atoms. The van der Waals surface area contributed by atoms with Gasteiger partial charge in [-0.3, -0.25) is 0 Å². The van der Waals surface area contributed by atoms with Crippen molar-refractivity contribution in [3.8, 4) is 5.88 Å². The van der Waals surface area contributed by atoms with E-state index in [1.807, 2.05) is 0 Å². The lowest BCUT2D eigenvalue weighted by Crippen LogP contribution is -2.26. The first-order valence-electron chi connectivity index (χ1n) is 5.56. The summed E-state index contributed by atoms with van der Waals surface area (Å²) in [6.45, 7) is 1.32. The highest BCUT2D eigenvalue weighted by atomic mass is 35.5. The fourth-order valence-electron chi connectivity index (χ4n) is 1.60. The van der Waals surface area contributed by atoms with E-state index in [1.165, 1.54) is 13.2 Å². The number of halogens is 1. The summed E-state index contributed by atoms with van der Waals surface area (Å²) in [6, 6.07) is 1.48. The van der Waals surface area contributed by atoms with Crippen LogP contribution in [0.25, 0.3) is 0 Å². The van der Waals surface area contributed by atoms with Gasteiger partial charge in [0.2, 0.25) is 11.7 Å². The van der Waals surface area contributed by atoms with Gasteiger partial charge in [0.05, 0.1) is 20.3 Å². The molecular weight excluding hydrogens is 260 g/mol. The third-order valence-electron chi connectivity index (χ3n) is 2.50. The molecule has 1 aliphatic rings. The Labute approximate surface area is 109 Å². The fraction of sp³-hybridized carbons (Fsp3) is 0.545. The molecule has 1 aliphatic heterocycles. The normalized spacial score (nSPS) is 16.3. The van der Waals surface area contributed by atoms with E-state index in [9.17, 15) is 4.79 Å². The SMILES string of the molecule is COC(=O)c1nc(Cl)cc(OC2CCOCC2)n1. The van der Waals surface area contributed by atoms with Gasteiger partial charge >= 0.3 is 5.97 Å². The summed E-state index contributed by atoms with van der Waals surface area (Å²) in [4.78, 5) is 19.1. The van der Waals surface area contributed by atoms with Crippen LogP contribution in [0.4, 0.5) is 0 Å². The molecule has 0 amide bonds. The van der Waals surface area contributed by atoms with Crippen LogP contribution < -0.4 is 4.74 Å². The monoisotopic (exact) mass is 272 g/mol. The number of carbonyl (C=O) groups is 1. The number of rotatable bonds is 3. The predicted octanol–water partition coefficient (Wildman–Crippen LogP) is 1.47. The summed E-state index contributed by atoms with van der Waals surface area (Å²) in [5.41, 5.74) is 0. The van der Waals surface area contributed by atoms with Crippen molar-refractivity contribution in [2.45, 2.75) is 18.9 Å². The number of carbonyl (C=O) groups excluding carboxylic acids is 1. The number of hydrogen-bond acceptors (Lipinski definition) is 6. The molecule has 2 rings (SSSR count). The standard InChI is InChI=1S/C11H13ClN2O4/c1-16-11(15)10-13-8(12)6-9(14-10)18-7-2-4-17-5-3-7/h6-7H,2-5H2,1H3. The lowest BCUT2D eigenvalue weighted by atomic mass is 10.2. The van der Waals surface area contributed by atoms with Gasteiger partial charge in [-0.2, -0.15) is 4.98 Å². The molecule has 0 N–H and O–H groups in total. The average Bonchev–Trinajstić information content (AvgIpc) is 2.38.